The Balaban J connectivity index is 1.89. The first-order chi connectivity index (χ1) is 16.9. The molecule has 3 rings (SSSR count). The average molecular weight is 493 g/mol. The lowest BCUT2D eigenvalue weighted by atomic mass is 10.0. The Morgan fingerprint density at radius 2 is 1.60 bits per heavy atom. The number of ether oxygens (including phenoxy) is 1. The zero-order valence-electron chi connectivity index (χ0n) is 20.5. The van der Waals surface area contributed by atoms with E-state index >= 15 is 0 Å². The molecule has 0 aromatic heterocycles. The van der Waals surface area contributed by atoms with Gasteiger partial charge in [-0.3, -0.25) is 9.59 Å². The van der Waals surface area contributed by atoms with E-state index in [1.165, 1.54) is 0 Å². The van der Waals surface area contributed by atoms with Crippen molar-refractivity contribution in [2.45, 2.75) is 52.2 Å². The largest absolute Gasteiger partial charge is 0.484 e. The van der Waals surface area contributed by atoms with E-state index in [2.05, 4.69) is 5.32 Å². The van der Waals surface area contributed by atoms with E-state index in [0.717, 1.165) is 23.1 Å². The Kier molecular flexibility index (Phi) is 9.74. The molecule has 0 spiro atoms. The molecule has 0 saturated carbocycles. The van der Waals surface area contributed by atoms with Crippen LogP contribution in [0.25, 0.3) is 0 Å². The number of nitrogens with zero attached hydrogens (tertiary/aromatic N) is 1. The van der Waals surface area contributed by atoms with Crippen molar-refractivity contribution >= 4 is 23.4 Å². The van der Waals surface area contributed by atoms with Crippen LogP contribution in [0.15, 0.2) is 78.9 Å². The van der Waals surface area contributed by atoms with Crippen molar-refractivity contribution in [2.75, 3.05) is 6.61 Å². The molecule has 35 heavy (non-hydrogen) atoms. The van der Waals surface area contributed by atoms with Crippen LogP contribution in [-0.4, -0.2) is 35.4 Å². The average Bonchev–Trinajstić information content (AvgIpc) is 2.87. The summed E-state index contributed by atoms with van der Waals surface area (Å²) in [4.78, 5) is 28.6. The van der Waals surface area contributed by atoms with E-state index in [1.807, 2.05) is 87.5 Å². The van der Waals surface area contributed by atoms with Crippen LogP contribution in [0.5, 0.6) is 5.75 Å². The van der Waals surface area contributed by atoms with Crippen LogP contribution in [0.3, 0.4) is 0 Å². The number of aryl methyl sites for hydroxylation is 1. The summed E-state index contributed by atoms with van der Waals surface area (Å²) in [5.41, 5.74) is 2.97. The van der Waals surface area contributed by atoms with E-state index in [1.54, 1.807) is 17.0 Å². The number of rotatable bonds is 11. The fraction of sp³-hybridized carbons (Fsp3) is 0.310. The Labute approximate surface area is 213 Å². The summed E-state index contributed by atoms with van der Waals surface area (Å²) < 4.78 is 5.80. The highest BCUT2D eigenvalue weighted by Crippen LogP contribution is 2.18. The highest BCUT2D eigenvalue weighted by molar-refractivity contribution is 6.30. The molecule has 3 aromatic carbocycles. The predicted octanol–water partition coefficient (Wildman–Crippen LogP) is 5.58. The van der Waals surface area contributed by atoms with Crippen molar-refractivity contribution in [1.29, 1.82) is 0 Å². The number of benzene rings is 3. The van der Waals surface area contributed by atoms with Gasteiger partial charge in [0.1, 0.15) is 11.8 Å². The van der Waals surface area contributed by atoms with Crippen molar-refractivity contribution < 1.29 is 14.3 Å². The van der Waals surface area contributed by atoms with Gasteiger partial charge >= 0.3 is 0 Å². The molecule has 0 aliphatic carbocycles. The molecular weight excluding hydrogens is 460 g/mol. The number of halogens is 1. The topological polar surface area (TPSA) is 58.6 Å². The van der Waals surface area contributed by atoms with Crippen LogP contribution < -0.4 is 10.1 Å². The molecule has 0 fully saturated rings. The highest BCUT2D eigenvalue weighted by atomic mass is 35.5. The van der Waals surface area contributed by atoms with Gasteiger partial charge in [0.15, 0.2) is 6.61 Å². The minimum absolute atomic E-state index is 0.00272. The van der Waals surface area contributed by atoms with E-state index in [-0.39, 0.29) is 31.0 Å². The molecule has 0 bridgehead atoms. The maximum Gasteiger partial charge on any atom is 0.261 e. The predicted molar refractivity (Wildman–Crippen MR) is 141 cm³/mol. The van der Waals surface area contributed by atoms with Gasteiger partial charge in [-0.1, -0.05) is 78.7 Å². The zero-order chi connectivity index (χ0) is 25.2. The van der Waals surface area contributed by atoms with Gasteiger partial charge in [0.25, 0.3) is 5.91 Å². The second-order valence-electron chi connectivity index (χ2n) is 8.77. The van der Waals surface area contributed by atoms with Gasteiger partial charge in [0.05, 0.1) is 0 Å². The lowest BCUT2D eigenvalue weighted by Gasteiger charge is -2.32. The molecule has 1 N–H and O–H groups in total. The van der Waals surface area contributed by atoms with Crippen LogP contribution in [0, 0.1) is 6.92 Å². The molecule has 0 aliphatic rings. The zero-order valence-corrected chi connectivity index (χ0v) is 21.3. The molecule has 6 heteroatoms. The van der Waals surface area contributed by atoms with Gasteiger partial charge in [0, 0.05) is 24.0 Å². The van der Waals surface area contributed by atoms with Crippen molar-refractivity contribution in [3.8, 4) is 5.75 Å². The second-order valence-corrected chi connectivity index (χ2v) is 9.21. The highest BCUT2D eigenvalue weighted by Gasteiger charge is 2.31. The minimum atomic E-state index is -0.698. The Bertz CT molecular complexity index is 1090. The minimum Gasteiger partial charge on any atom is -0.484 e. The maximum atomic E-state index is 13.5. The number of carbonyl (C=O) groups is 2. The molecule has 0 unspecified atom stereocenters. The van der Waals surface area contributed by atoms with E-state index in [0.29, 0.717) is 17.2 Å². The van der Waals surface area contributed by atoms with Gasteiger partial charge in [-0.15, -0.1) is 0 Å². The van der Waals surface area contributed by atoms with E-state index in [4.69, 9.17) is 16.3 Å². The van der Waals surface area contributed by atoms with Crippen molar-refractivity contribution in [3.63, 3.8) is 0 Å². The lowest BCUT2D eigenvalue weighted by molar-refractivity contribution is -0.143. The smallest absolute Gasteiger partial charge is 0.261 e. The molecule has 2 amide bonds. The molecule has 0 saturated heterocycles. The van der Waals surface area contributed by atoms with Crippen molar-refractivity contribution in [3.05, 3.63) is 101 Å². The third-order valence-electron chi connectivity index (χ3n) is 5.92. The quantitative estimate of drug-likeness (QED) is 0.380. The fourth-order valence-electron chi connectivity index (χ4n) is 3.64. The summed E-state index contributed by atoms with van der Waals surface area (Å²) in [5, 5.41) is 3.68. The molecule has 3 aromatic rings. The Morgan fingerprint density at radius 3 is 2.23 bits per heavy atom. The molecule has 184 valence electrons. The molecular formula is C29H33ClN2O3. The molecule has 0 radical (unpaired) electrons. The molecule has 2 atom stereocenters. The van der Waals surface area contributed by atoms with Gasteiger partial charge in [-0.2, -0.15) is 0 Å². The second kappa shape index (κ2) is 13.0. The van der Waals surface area contributed by atoms with Crippen LogP contribution in [-0.2, 0) is 22.6 Å². The van der Waals surface area contributed by atoms with Crippen LogP contribution >= 0.6 is 11.6 Å². The summed E-state index contributed by atoms with van der Waals surface area (Å²) in [7, 11) is 0. The summed E-state index contributed by atoms with van der Waals surface area (Å²) in [5.74, 6) is 0.167. The van der Waals surface area contributed by atoms with Gasteiger partial charge in [-0.05, 0) is 55.7 Å². The molecule has 0 aliphatic heterocycles. The first kappa shape index (κ1) is 26.3. The van der Waals surface area contributed by atoms with Crippen LogP contribution in [0.1, 0.15) is 37.0 Å². The summed E-state index contributed by atoms with van der Waals surface area (Å²) >= 11 is 6.07. The third kappa shape index (κ3) is 8.15. The normalized spacial score (nSPS) is 12.5. The summed E-state index contributed by atoms with van der Waals surface area (Å²) in [6.07, 6.45) is 1.19. The molecule has 0 heterocycles. The number of nitrogens with one attached hydrogen (secondary N) is 1. The maximum absolute atomic E-state index is 13.5. The van der Waals surface area contributed by atoms with Crippen LogP contribution in [0.2, 0.25) is 5.02 Å². The van der Waals surface area contributed by atoms with Crippen molar-refractivity contribution in [1.82, 2.24) is 10.2 Å². The Morgan fingerprint density at radius 1 is 0.943 bits per heavy atom. The first-order valence-corrected chi connectivity index (χ1v) is 12.3. The lowest BCUT2D eigenvalue weighted by Crippen LogP contribution is -2.53. The Hall–Kier alpha value is -3.31. The van der Waals surface area contributed by atoms with Gasteiger partial charge in [-0.25, -0.2) is 0 Å². The number of carbonyl (C=O) groups excluding carboxylic acids is 2. The standard InChI is InChI=1S/C29H33ClN2O3/c1-4-22(3)31-29(34)27(18-23-8-6-5-7-9-23)32(19-24-12-14-25(30)15-13-24)28(33)20-35-26-16-10-21(2)11-17-26/h5-17,22,27H,4,18-20H2,1-3H3,(H,31,34)/t22-,27+/m1/s1. The van der Waals surface area contributed by atoms with Crippen LogP contribution in [0.4, 0.5) is 0 Å². The number of amides is 2. The van der Waals surface area contributed by atoms with Gasteiger partial charge in [0.2, 0.25) is 5.91 Å². The first-order valence-electron chi connectivity index (χ1n) is 11.9. The van der Waals surface area contributed by atoms with Crippen molar-refractivity contribution in [2.24, 2.45) is 0 Å². The SMILES string of the molecule is CC[C@@H](C)NC(=O)[C@H](Cc1ccccc1)N(Cc1ccc(Cl)cc1)C(=O)COc1ccc(C)cc1. The van der Waals surface area contributed by atoms with E-state index in [9.17, 15) is 9.59 Å². The number of hydrogen-bond acceptors (Lipinski definition) is 3. The fourth-order valence-corrected chi connectivity index (χ4v) is 3.77. The summed E-state index contributed by atoms with van der Waals surface area (Å²) in [6.45, 7) is 6.07. The number of hydrogen-bond donors (Lipinski definition) is 1. The summed E-state index contributed by atoms with van der Waals surface area (Å²) in [6, 6.07) is 23.9. The van der Waals surface area contributed by atoms with Gasteiger partial charge < -0.3 is 15.0 Å². The monoisotopic (exact) mass is 492 g/mol. The molecule has 5 nitrogen and oxygen atoms in total. The van der Waals surface area contributed by atoms with E-state index < -0.39 is 6.04 Å². The third-order valence-corrected chi connectivity index (χ3v) is 6.17.